The molecule has 3 aromatic rings. The number of primary amides is 1. The minimum absolute atomic E-state index is 0.0591. The van der Waals surface area contributed by atoms with Gasteiger partial charge in [0, 0.05) is 12.1 Å². The molecule has 1 atom stereocenters. The number of hydrogen-bond acceptors (Lipinski definition) is 6. The minimum atomic E-state index is -0.566. The number of furan rings is 2. The van der Waals surface area contributed by atoms with Crippen molar-refractivity contribution in [2.45, 2.75) is 12.5 Å². The Kier molecular flexibility index (Phi) is 4.67. The van der Waals surface area contributed by atoms with Crippen molar-refractivity contribution in [1.82, 2.24) is 5.01 Å². The molecule has 2 aromatic heterocycles. The van der Waals surface area contributed by atoms with Crippen molar-refractivity contribution in [2.24, 2.45) is 10.8 Å². The molecule has 8 nitrogen and oxygen atoms in total. The molecule has 1 aliphatic heterocycles. The first-order valence-corrected chi connectivity index (χ1v) is 8.73. The Bertz CT molecular complexity index is 1010. The Morgan fingerprint density at radius 3 is 2.61 bits per heavy atom. The third kappa shape index (κ3) is 3.39. The third-order valence-electron chi connectivity index (χ3n) is 4.47. The maximum absolute atomic E-state index is 12.9. The van der Waals surface area contributed by atoms with Crippen LogP contribution in [-0.4, -0.2) is 29.1 Å². The van der Waals surface area contributed by atoms with Gasteiger partial charge in [-0.3, -0.25) is 9.59 Å². The molecular formula is C20H18N4O4. The molecule has 142 valence electrons. The summed E-state index contributed by atoms with van der Waals surface area (Å²) in [6, 6.07) is 13.5. The molecular weight excluding hydrogens is 360 g/mol. The van der Waals surface area contributed by atoms with Crippen molar-refractivity contribution >= 4 is 23.2 Å². The molecule has 1 unspecified atom stereocenters. The second-order valence-electron chi connectivity index (χ2n) is 6.26. The number of para-hydroxylation sites is 1. The monoisotopic (exact) mass is 378 g/mol. The average molecular weight is 378 g/mol. The number of nitrogens with zero attached hydrogens (tertiary/aromatic N) is 2. The normalized spacial score (nSPS) is 16.1. The van der Waals surface area contributed by atoms with E-state index < -0.39 is 5.91 Å². The molecule has 1 aromatic carbocycles. The Labute approximate surface area is 160 Å². The molecule has 2 amide bonds. The van der Waals surface area contributed by atoms with Gasteiger partial charge in [-0.25, -0.2) is 5.01 Å². The number of hydrazone groups is 1. The largest absolute Gasteiger partial charge is 0.467 e. The van der Waals surface area contributed by atoms with Crippen LogP contribution in [0.2, 0.25) is 0 Å². The highest BCUT2D eigenvalue weighted by molar-refractivity contribution is 6.02. The van der Waals surface area contributed by atoms with Crippen LogP contribution >= 0.6 is 0 Å². The van der Waals surface area contributed by atoms with Gasteiger partial charge < -0.3 is 19.9 Å². The predicted octanol–water partition coefficient (Wildman–Crippen LogP) is 2.76. The van der Waals surface area contributed by atoms with Crippen LogP contribution in [0.15, 0.2) is 75.0 Å². The summed E-state index contributed by atoms with van der Waals surface area (Å²) in [5.74, 6) is 0.403. The summed E-state index contributed by atoms with van der Waals surface area (Å²) < 4.78 is 10.9. The van der Waals surface area contributed by atoms with Crippen LogP contribution in [0.5, 0.6) is 0 Å². The van der Waals surface area contributed by atoms with Gasteiger partial charge in [0.2, 0.25) is 0 Å². The number of anilines is 1. The predicted molar refractivity (Wildman–Crippen MR) is 102 cm³/mol. The summed E-state index contributed by atoms with van der Waals surface area (Å²) >= 11 is 0. The fourth-order valence-electron chi connectivity index (χ4n) is 3.14. The second kappa shape index (κ2) is 7.43. The number of rotatable bonds is 6. The molecule has 0 bridgehead atoms. The summed E-state index contributed by atoms with van der Waals surface area (Å²) in [6.45, 7) is -0.0591. The topological polar surface area (TPSA) is 114 Å². The van der Waals surface area contributed by atoms with E-state index in [0.717, 1.165) is 0 Å². The van der Waals surface area contributed by atoms with E-state index in [4.69, 9.17) is 14.6 Å². The lowest BCUT2D eigenvalue weighted by molar-refractivity contribution is -0.131. The smallest absolute Gasteiger partial charge is 0.262 e. The highest BCUT2D eigenvalue weighted by Gasteiger charge is 2.35. The van der Waals surface area contributed by atoms with E-state index in [9.17, 15) is 9.59 Å². The molecule has 3 N–H and O–H groups in total. The van der Waals surface area contributed by atoms with Crippen LogP contribution in [-0.2, 0) is 4.79 Å². The third-order valence-corrected chi connectivity index (χ3v) is 4.47. The molecule has 3 heterocycles. The molecule has 1 aliphatic rings. The number of benzene rings is 1. The number of amides is 2. The van der Waals surface area contributed by atoms with Crippen molar-refractivity contribution in [3.05, 3.63) is 78.1 Å². The minimum Gasteiger partial charge on any atom is -0.467 e. The molecule has 0 fully saturated rings. The maximum Gasteiger partial charge on any atom is 0.262 e. The zero-order valence-corrected chi connectivity index (χ0v) is 14.9. The van der Waals surface area contributed by atoms with Gasteiger partial charge in [-0.15, -0.1) is 0 Å². The first kappa shape index (κ1) is 17.6. The SMILES string of the molecule is NC(=O)c1ccccc1NCC(=O)N1N=C(c2ccco2)CC1c1ccco1. The van der Waals surface area contributed by atoms with E-state index in [1.54, 1.807) is 61.1 Å². The van der Waals surface area contributed by atoms with Crippen LogP contribution in [0.25, 0.3) is 0 Å². The maximum atomic E-state index is 12.9. The van der Waals surface area contributed by atoms with E-state index in [-0.39, 0.29) is 18.5 Å². The molecule has 0 saturated carbocycles. The molecule has 0 aliphatic carbocycles. The Morgan fingerprint density at radius 2 is 1.89 bits per heavy atom. The van der Waals surface area contributed by atoms with E-state index in [1.807, 2.05) is 0 Å². The van der Waals surface area contributed by atoms with Crippen LogP contribution in [0.3, 0.4) is 0 Å². The number of nitrogens with one attached hydrogen (secondary N) is 1. The first-order chi connectivity index (χ1) is 13.6. The lowest BCUT2D eigenvalue weighted by Gasteiger charge is -2.20. The van der Waals surface area contributed by atoms with Crippen LogP contribution < -0.4 is 11.1 Å². The molecule has 0 radical (unpaired) electrons. The highest BCUT2D eigenvalue weighted by Crippen LogP contribution is 2.33. The van der Waals surface area contributed by atoms with Gasteiger partial charge >= 0.3 is 0 Å². The zero-order chi connectivity index (χ0) is 19.5. The van der Waals surface area contributed by atoms with E-state index in [0.29, 0.717) is 34.9 Å². The van der Waals surface area contributed by atoms with Crippen molar-refractivity contribution in [3.8, 4) is 0 Å². The lowest BCUT2D eigenvalue weighted by atomic mass is 10.1. The van der Waals surface area contributed by atoms with Gasteiger partial charge in [-0.05, 0) is 36.4 Å². The first-order valence-electron chi connectivity index (χ1n) is 8.73. The van der Waals surface area contributed by atoms with E-state index in [2.05, 4.69) is 10.4 Å². The van der Waals surface area contributed by atoms with Gasteiger partial charge in [0.25, 0.3) is 11.8 Å². The number of carbonyl (C=O) groups is 2. The van der Waals surface area contributed by atoms with Gasteiger partial charge in [-0.1, -0.05) is 12.1 Å². The number of nitrogens with two attached hydrogens (primary N) is 1. The van der Waals surface area contributed by atoms with Crippen LogP contribution in [0.4, 0.5) is 5.69 Å². The van der Waals surface area contributed by atoms with Gasteiger partial charge in [-0.2, -0.15) is 5.10 Å². The Balaban J connectivity index is 1.55. The number of hydrogen-bond donors (Lipinski definition) is 2. The molecule has 8 heteroatoms. The van der Waals surface area contributed by atoms with Crippen molar-refractivity contribution in [2.75, 3.05) is 11.9 Å². The molecule has 28 heavy (non-hydrogen) atoms. The zero-order valence-electron chi connectivity index (χ0n) is 14.9. The quantitative estimate of drug-likeness (QED) is 0.684. The fraction of sp³-hybridized carbons (Fsp3) is 0.150. The Morgan fingerprint density at radius 1 is 1.11 bits per heavy atom. The van der Waals surface area contributed by atoms with Crippen molar-refractivity contribution < 1.29 is 18.4 Å². The Hall–Kier alpha value is -3.81. The summed E-state index contributed by atoms with van der Waals surface area (Å²) in [5, 5.41) is 8.81. The van der Waals surface area contributed by atoms with E-state index >= 15 is 0 Å². The summed E-state index contributed by atoms with van der Waals surface area (Å²) in [5.41, 5.74) is 6.86. The summed E-state index contributed by atoms with van der Waals surface area (Å²) in [7, 11) is 0. The molecule has 4 rings (SSSR count). The van der Waals surface area contributed by atoms with Crippen molar-refractivity contribution in [1.29, 1.82) is 0 Å². The van der Waals surface area contributed by atoms with Crippen LogP contribution in [0.1, 0.15) is 34.3 Å². The van der Waals surface area contributed by atoms with Crippen LogP contribution in [0, 0.1) is 0 Å². The fourth-order valence-corrected chi connectivity index (χ4v) is 3.14. The van der Waals surface area contributed by atoms with Gasteiger partial charge in [0.15, 0.2) is 0 Å². The van der Waals surface area contributed by atoms with E-state index in [1.165, 1.54) is 5.01 Å². The molecule has 0 spiro atoms. The van der Waals surface area contributed by atoms with Gasteiger partial charge in [0.05, 0.1) is 24.6 Å². The summed E-state index contributed by atoms with van der Waals surface area (Å²) in [4.78, 5) is 24.4. The molecule has 0 saturated heterocycles. The highest BCUT2D eigenvalue weighted by atomic mass is 16.3. The summed E-state index contributed by atoms with van der Waals surface area (Å²) in [6.07, 6.45) is 3.60. The average Bonchev–Trinajstić information content (AvgIpc) is 3.46. The lowest BCUT2D eigenvalue weighted by Crippen LogP contribution is -2.32. The second-order valence-corrected chi connectivity index (χ2v) is 6.26. The van der Waals surface area contributed by atoms with Gasteiger partial charge in [0.1, 0.15) is 23.3 Å². The number of carbonyl (C=O) groups excluding carboxylic acids is 2. The van der Waals surface area contributed by atoms with Crippen molar-refractivity contribution in [3.63, 3.8) is 0 Å². The standard InChI is InChI=1S/C20H18N4O4/c21-20(26)13-5-1-2-6-14(13)22-12-19(25)24-16(18-8-4-10-28-18)11-15(23-24)17-7-3-9-27-17/h1-10,16,22H,11-12H2,(H2,21,26).